The monoisotopic (exact) mass is 234 g/mol. The van der Waals surface area contributed by atoms with E-state index < -0.39 is 0 Å². The van der Waals surface area contributed by atoms with Crippen molar-refractivity contribution in [3.05, 3.63) is 48.5 Å². The highest BCUT2D eigenvalue weighted by molar-refractivity contribution is 5.38. The Balaban J connectivity index is 1.93. The molecule has 5 nitrogen and oxygen atoms in total. The molecule has 5 heteroatoms. The molecule has 0 saturated heterocycles. The first kappa shape index (κ1) is 11.1. The minimum atomic E-state index is -0.0756. The van der Waals surface area contributed by atoms with Crippen LogP contribution in [0.5, 0.6) is 23.0 Å². The van der Waals surface area contributed by atoms with Crippen LogP contribution in [-0.2, 0) is 5.04 Å². The lowest BCUT2D eigenvalue weighted by Crippen LogP contribution is -2.02. The maximum absolute atomic E-state index is 9.35. The van der Waals surface area contributed by atoms with E-state index in [0.29, 0.717) is 0 Å². The van der Waals surface area contributed by atoms with E-state index in [-0.39, 0.29) is 23.0 Å². The molecule has 0 aromatic heterocycles. The fraction of sp³-hybridized carbons (Fsp3) is 0. The molecule has 0 unspecified atom stereocenters. The molecule has 0 heterocycles. The molecular weight excluding hydrogens is 224 g/mol. The van der Waals surface area contributed by atoms with Crippen LogP contribution >= 0.6 is 0 Å². The zero-order chi connectivity index (χ0) is 12.1. The Morgan fingerprint density at radius 2 is 1.06 bits per heavy atom. The number of phenols is 2. The molecule has 2 aromatic rings. The van der Waals surface area contributed by atoms with Gasteiger partial charge >= 0.3 is 0 Å². The van der Waals surface area contributed by atoms with E-state index in [1.165, 1.54) is 24.3 Å². The molecule has 2 rings (SSSR count). The number of benzene rings is 2. The molecule has 88 valence electrons. The minimum Gasteiger partial charge on any atom is -0.504 e. The van der Waals surface area contributed by atoms with E-state index in [9.17, 15) is 10.2 Å². The third-order valence-corrected chi connectivity index (χ3v) is 1.98. The van der Waals surface area contributed by atoms with E-state index in [1.807, 2.05) is 0 Å². The van der Waals surface area contributed by atoms with E-state index in [2.05, 4.69) is 5.04 Å². The molecule has 0 spiro atoms. The van der Waals surface area contributed by atoms with Gasteiger partial charge in [-0.1, -0.05) is 24.3 Å². The van der Waals surface area contributed by atoms with Gasteiger partial charge in [-0.2, -0.15) is 0 Å². The summed E-state index contributed by atoms with van der Waals surface area (Å²) in [5.74, 6) is 0.0765. The van der Waals surface area contributed by atoms with E-state index >= 15 is 0 Å². The molecule has 0 amide bonds. The molecular formula is C12H10O5. The van der Waals surface area contributed by atoms with Crippen LogP contribution in [0.1, 0.15) is 0 Å². The van der Waals surface area contributed by atoms with Crippen LogP contribution in [0.3, 0.4) is 0 Å². The van der Waals surface area contributed by atoms with Crippen molar-refractivity contribution in [2.75, 3.05) is 0 Å². The number of hydrogen-bond acceptors (Lipinski definition) is 5. The standard InChI is InChI=1S/C12H10O5/c13-9-5-1-3-7-11(9)15-17-16-12-8-4-2-6-10(12)14/h1-8,13-14H. The molecule has 0 aliphatic rings. The highest BCUT2D eigenvalue weighted by atomic mass is 17.5. The quantitative estimate of drug-likeness (QED) is 0.628. The molecule has 2 N–H and O–H groups in total. The van der Waals surface area contributed by atoms with Crippen molar-refractivity contribution < 1.29 is 25.0 Å². The molecule has 0 aliphatic carbocycles. The summed E-state index contributed by atoms with van der Waals surface area (Å²) in [4.78, 5) is 9.42. The van der Waals surface area contributed by atoms with Crippen molar-refractivity contribution in [1.29, 1.82) is 0 Å². The van der Waals surface area contributed by atoms with Gasteiger partial charge in [-0.3, -0.25) is 9.78 Å². The van der Waals surface area contributed by atoms with Gasteiger partial charge in [0.25, 0.3) is 0 Å². The summed E-state index contributed by atoms with van der Waals surface area (Å²) < 4.78 is 0. The Bertz CT molecular complexity index is 452. The Kier molecular flexibility index (Phi) is 3.32. The van der Waals surface area contributed by atoms with Gasteiger partial charge in [-0.05, 0) is 24.3 Å². The molecule has 0 bridgehead atoms. The molecule has 0 saturated carbocycles. The largest absolute Gasteiger partial charge is 0.504 e. The third-order valence-electron chi connectivity index (χ3n) is 1.98. The second kappa shape index (κ2) is 5.09. The lowest BCUT2D eigenvalue weighted by molar-refractivity contribution is -0.411. The van der Waals surface area contributed by atoms with Crippen molar-refractivity contribution >= 4 is 0 Å². The number of hydrogen-bond donors (Lipinski definition) is 2. The average molecular weight is 234 g/mol. The smallest absolute Gasteiger partial charge is 0.211 e. The van der Waals surface area contributed by atoms with Crippen LogP contribution in [0.4, 0.5) is 0 Å². The SMILES string of the molecule is Oc1ccccc1OOOc1ccccc1O. The Morgan fingerprint density at radius 1 is 0.647 bits per heavy atom. The molecule has 2 aromatic carbocycles. The first-order chi connectivity index (χ1) is 8.27. The van der Waals surface area contributed by atoms with E-state index in [1.54, 1.807) is 24.3 Å². The van der Waals surface area contributed by atoms with Crippen LogP contribution in [-0.4, -0.2) is 10.2 Å². The fourth-order valence-electron chi connectivity index (χ4n) is 1.15. The molecule has 0 radical (unpaired) electrons. The normalized spacial score (nSPS) is 9.88. The van der Waals surface area contributed by atoms with Gasteiger partial charge in [0, 0.05) is 5.04 Å². The molecule has 0 atom stereocenters. The Hall–Kier alpha value is -2.40. The second-order valence-corrected chi connectivity index (χ2v) is 3.17. The van der Waals surface area contributed by atoms with Crippen molar-refractivity contribution in [1.82, 2.24) is 0 Å². The summed E-state index contributed by atoms with van der Waals surface area (Å²) in [6.45, 7) is 0. The zero-order valence-corrected chi connectivity index (χ0v) is 8.74. The van der Waals surface area contributed by atoms with Gasteiger partial charge in [0.15, 0.2) is 11.5 Å². The van der Waals surface area contributed by atoms with Crippen LogP contribution in [0.15, 0.2) is 48.5 Å². The molecule has 0 fully saturated rings. The first-order valence-corrected chi connectivity index (χ1v) is 4.84. The number of para-hydroxylation sites is 4. The number of phenolic OH excluding ortho intramolecular Hbond substituents is 2. The minimum absolute atomic E-state index is 0.0756. The predicted molar refractivity (Wildman–Crippen MR) is 58.6 cm³/mol. The fourth-order valence-corrected chi connectivity index (χ4v) is 1.15. The van der Waals surface area contributed by atoms with Gasteiger partial charge in [0.2, 0.25) is 11.5 Å². The van der Waals surface area contributed by atoms with Crippen molar-refractivity contribution in [2.45, 2.75) is 0 Å². The van der Waals surface area contributed by atoms with Crippen LogP contribution in [0, 0.1) is 0 Å². The first-order valence-electron chi connectivity index (χ1n) is 4.84. The van der Waals surface area contributed by atoms with E-state index in [4.69, 9.17) is 9.78 Å². The van der Waals surface area contributed by atoms with Gasteiger partial charge in [0.1, 0.15) is 0 Å². The molecule has 17 heavy (non-hydrogen) atoms. The predicted octanol–water partition coefficient (Wildman–Crippen LogP) is 2.40. The number of rotatable bonds is 4. The highest BCUT2D eigenvalue weighted by Gasteiger charge is 2.05. The lowest BCUT2D eigenvalue weighted by atomic mass is 10.3. The van der Waals surface area contributed by atoms with Gasteiger partial charge in [0.05, 0.1) is 0 Å². The van der Waals surface area contributed by atoms with Gasteiger partial charge in [-0.25, -0.2) is 0 Å². The van der Waals surface area contributed by atoms with E-state index in [0.717, 1.165) is 0 Å². The topological polar surface area (TPSA) is 68.2 Å². The summed E-state index contributed by atoms with van der Waals surface area (Å²) in [7, 11) is 0. The van der Waals surface area contributed by atoms with Crippen molar-refractivity contribution in [3.8, 4) is 23.0 Å². The number of aromatic hydroxyl groups is 2. The van der Waals surface area contributed by atoms with Crippen molar-refractivity contribution in [3.63, 3.8) is 0 Å². The third kappa shape index (κ3) is 2.79. The maximum atomic E-state index is 9.35. The van der Waals surface area contributed by atoms with Gasteiger partial charge < -0.3 is 10.2 Å². The summed E-state index contributed by atoms with van der Waals surface area (Å²) >= 11 is 0. The lowest BCUT2D eigenvalue weighted by Gasteiger charge is -2.06. The Labute approximate surface area is 97.3 Å². The maximum Gasteiger partial charge on any atom is 0.211 e. The second-order valence-electron chi connectivity index (χ2n) is 3.17. The van der Waals surface area contributed by atoms with Crippen LogP contribution < -0.4 is 9.78 Å². The zero-order valence-electron chi connectivity index (χ0n) is 8.74. The van der Waals surface area contributed by atoms with Crippen LogP contribution in [0.25, 0.3) is 0 Å². The van der Waals surface area contributed by atoms with Gasteiger partial charge in [-0.15, -0.1) is 0 Å². The average Bonchev–Trinajstić information content (AvgIpc) is 2.34. The molecule has 0 aliphatic heterocycles. The Morgan fingerprint density at radius 3 is 1.47 bits per heavy atom. The highest BCUT2D eigenvalue weighted by Crippen LogP contribution is 2.27. The van der Waals surface area contributed by atoms with Crippen LogP contribution in [0.2, 0.25) is 0 Å². The van der Waals surface area contributed by atoms with Crippen molar-refractivity contribution in [2.24, 2.45) is 0 Å². The summed E-state index contributed by atoms with van der Waals surface area (Å²) in [5, 5.41) is 23.2. The summed E-state index contributed by atoms with van der Waals surface area (Å²) in [6.07, 6.45) is 0. The summed E-state index contributed by atoms with van der Waals surface area (Å²) in [6, 6.07) is 12.5. The summed E-state index contributed by atoms with van der Waals surface area (Å²) in [5.41, 5.74) is 0.